The molecule has 0 radical (unpaired) electrons. The normalized spacial score (nSPS) is 14.9. The monoisotopic (exact) mass is 424 g/mol. The molecule has 1 fully saturated rings. The number of halogens is 3. The number of nitro benzene ring substituents is 1. The molecule has 11 heteroatoms. The number of nitrogens with one attached hydrogen (secondary N) is 2. The van der Waals surface area contributed by atoms with E-state index in [9.17, 15) is 28.1 Å². The summed E-state index contributed by atoms with van der Waals surface area (Å²) in [7, 11) is 0. The number of nitro groups is 1. The molecular weight excluding hydrogens is 405 g/mol. The van der Waals surface area contributed by atoms with Gasteiger partial charge in [-0.15, -0.1) is 0 Å². The van der Waals surface area contributed by atoms with Crippen LogP contribution in [0.15, 0.2) is 42.5 Å². The molecule has 1 saturated heterocycles. The predicted molar refractivity (Wildman–Crippen MR) is 102 cm³/mol. The highest BCUT2D eigenvalue weighted by Crippen LogP contribution is 2.34. The van der Waals surface area contributed by atoms with E-state index in [-0.39, 0.29) is 5.69 Å². The summed E-state index contributed by atoms with van der Waals surface area (Å²) < 4.78 is 43.6. The van der Waals surface area contributed by atoms with Gasteiger partial charge in [0.25, 0.3) is 11.6 Å². The molecule has 8 nitrogen and oxygen atoms in total. The molecule has 0 unspecified atom stereocenters. The van der Waals surface area contributed by atoms with E-state index >= 15 is 0 Å². The van der Waals surface area contributed by atoms with Crippen molar-refractivity contribution in [1.29, 1.82) is 0 Å². The molecule has 160 valence electrons. The van der Waals surface area contributed by atoms with Crippen LogP contribution in [0.1, 0.15) is 21.5 Å². The first-order valence-electron chi connectivity index (χ1n) is 9.05. The summed E-state index contributed by atoms with van der Waals surface area (Å²) in [4.78, 5) is 24.8. The quantitative estimate of drug-likeness (QED) is 0.546. The molecule has 1 heterocycles. The summed E-state index contributed by atoms with van der Waals surface area (Å²) in [6.07, 6.45) is -4.71. The van der Waals surface area contributed by atoms with Crippen LogP contribution in [0.4, 0.5) is 24.5 Å². The van der Waals surface area contributed by atoms with Crippen molar-refractivity contribution in [3.05, 3.63) is 69.3 Å². The van der Waals surface area contributed by atoms with Gasteiger partial charge < -0.3 is 4.74 Å². The van der Waals surface area contributed by atoms with Gasteiger partial charge in [-0.25, -0.2) is 0 Å². The van der Waals surface area contributed by atoms with Crippen molar-refractivity contribution in [3.8, 4) is 0 Å². The summed E-state index contributed by atoms with van der Waals surface area (Å²) in [5, 5.41) is 11.1. The van der Waals surface area contributed by atoms with E-state index in [2.05, 4.69) is 15.8 Å². The average molecular weight is 424 g/mol. The Hall–Kier alpha value is -3.18. The van der Waals surface area contributed by atoms with Crippen LogP contribution in [0, 0.1) is 10.1 Å². The van der Waals surface area contributed by atoms with Crippen molar-refractivity contribution >= 4 is 17.3 Å². The highest BCUT2D eigenvalue weighted by atomic mass is 19.4. The van der Waals surface area contributed by atoms with Crippen molar-refractivity contribution in [1.82, 2.24) is 10.3 Å². The highest BCUT2D eigenvalue weighted by molar-refractivity contribution is 5.95. The number of hydrogen-bond donors (Lipinski definition) is 2. The highest BCUT2D eigenvalue weighted by Gasteiger charge is 2.33. The van der Waals surface area contributed by atoms with Gasteiger partial charge in [-0.05, 0) is 29.8 Å². The van der Waals surface area contributed by atoms with Crippen LogP contribution in [-0.4, -0.2) is 42.0 Å². The molecule has 0 aliphatic carbocycles. The molecule has 0 bridgehead atoms. The second kappa shape index (κ2) is 9.09. The Morgan fingerprint density at radius 1 is 1.17 bits per heavy atom. The lowest BCUT2D eigenvalue weighted by atomic mass is 10.1. The molecule has 1 amide bonds. The average Bonchev–Trinajstić information content (AvgIpc) is 2.72. The van der Waals surface area contributed by atoms with Crippen LogP contribution in [0.3, 0.4) is 0 Å². The molecule has 1 aliphatic rings. The first kappa shape index (κ1) is 21.5. The minimum absolute atomic E-state index is 0.258. The van der Waals surface area contributed by atoms with E-state index in [0.717, 1.165) is 24.7 Å². The van der Waals surface area contributed by atoms with Crippen LogP contribution in [0.2, 0.25) is 0 Å². The van der Waals surface area contributed by atoms with Crippen molar-refractivity contribution in [3.63, 3.8) is 0 Å². The number of alkyl halides is 3. The molecule has 1 aliphatic heterocycles. The Balaban J connectivity index is 1.68. The van der Waals surface area contributed by atoms with E-state index in [1.54, 1.807) is 18.2 Å². The van der Waals surface area contributed by atoms with Gasteiger partial charge in [0.05, 0.1) is 23.7 Å². The summed E-state index contributed by atoms with van der Waals surface area (Å²) in [5.41, 5.74) is 3.63. The molecule has 0 aromatic heterocycles. The van der Waals surface area contributed by atoms with Gasteiger partial charge in [-0.1, -0.05) is 12.1 Å². The molecule has 0 atom stereocenters. The zero-order valence-electron chi connectivity index (χ0n) is 15.7. The Labute approximate surface area is 169 Å². The lowest BCUT2D eigenvalue weighted by molar-refractivity contribution is -0.384. The van der Waals surface area contributed by atoms with Gasteiger partial charge >= 0.3 is 6.18 Å². The first-order chi connectivity index (χ1) is 14.2. The summed E-state index contributed by atoms with van der Waals surface area (Å²) in [6.45, 7) is 3.51. The Morgan fingerprint density at radius 3 is 2.57 bits per heavy atom. The number of carbonyl (C=O) groups is 1. The Kier molecular flexibility index (Phi) is 6.53. The van der Waals surface area contributed by atoms with Crippen molar-refractivity contribution in [2.75, 3.05) is 31.7 Å². The van der Waals surface area contributed by atoms with Crippen LogP contribution in [-0.2, 0) is 17.5 Å². The number of amides is 1. The van der Waals surface area contributed by atoms with Gasteiger partial charge in [0.2, 0.25) is 0 Å². The predicted octanol–water partition coefficient (Wildman–Crippen LogP) is 3.20. The molecule has 2 aromatic rings. The lowest BCUT2D eigenvalue weighted by Crippen LogP contribution is -2.35. The fourth-order valence-corrected chi connectivity index (χ4v) is 2.99. The van der Waals surface area contributed by atoms with E-state index < -0.39 is 28.3 Å². The van der Waals surface area contributed by atoms with E-state index in [1.165, 1.54) is 0 Å². The standard InChI is InChI=1S/C19H19F3N4O4/c20-19(21,22)15-4-5-16(17(11-15)26(28)29)23-24-18(27)14-3-1-2-13(10-14)12-25-6-8-30-9-7-25/h1-5,10-11,23H,6-9,12H2,(H,24,27). The Bertz CT molecular complexity index is 930. The van der Waals surface area contributed by atoms with Crippen molar-refractivity contribution < 1.29 is 27.6 Å². The van der Waals surface area contributed by atoms with Crippen molar-refractivity contribution in [2.45, 2.75) is 12.7 Å². The maximum absolute atomic E-state index is 12.8. The summed E-state index contributed by atoms with van der Waals surface area (Å²) in [6, 6.07) is 8.86. The fourth-order valence-electron chi connectivity index (χ4n) is 2.99. The smallest absolute Gasteiger partial charge is 0.379 e. The van der Waals surface area contributed by atoms with Crippen LogP contribution in [0.25, 0.3) is 0 Å². The minimum atomic E-state index is -4.71. The third-order valence-corrected chi connectivity index (χ3v) is 4.53. The van der Waals surface area contributed by atoms with Crippen LogP contribution < -0.4 is 10.9 Å². The largest absolute Gasteiger partial charge is 0.416 e. The maximum atomic E-state index is 12.8. The summed E-state index contributed by atoms with van der Waals surface area (Å²) in [5.74, 6) is -0.576. The molecule has 3 rings (SSSR count). The Morgan fingerprint density at radius 2 is 1.90 bits per heavy atom. The number of anilines is 1. The van der Waals surface area contributed by atoms with Crippen LogP contribution in [0.5, 0.6) is 0 Å². The van der Waals surface area contributed by atoms with Gasteiger partial charge in [0.1, 0.15) is 5.69 Å². The molecule has 2 N–H and O–H groups in total. The molecule has 0 spiro atoms. The fraction of sp³-hybridized carbons (Fsp3) is 0.316. The maximum Gasteiger partial charge on any atom is 0.416 e. The summed E-state index contributed by atoms with van der Waals surface area (Å²) >= 11 is 0. The number of hydrogen-bond acceptors (Lipinski definition) is 6. The number of rotatable bonds is 6. The number of morpholine rings is 1. The first-order valence-corrected chi connectivity index (χ1v) is 9.05. The number of hydrazine groups is 1. The third-order valence-electron chi connectivity index (χ3n) is 4.53. The third kappa shape index (κ3) is 5.45. The number of nitrogens with zero attached hydrogens (tertiary/aromatic N) is 2. The van der Waals surface area contributed by atoms with E-state index in [1.807, 2.05) is 6.07 Å². The number of carbonyl (C=O) groups excluding carboxylic acids is 1. The molecule has 2 aromatic carbocycles. The zero-order chi connectivity index (χ0) is 21.7. The topological polar surface area (TPSA) is 96.7 Å². The number of benzene rings is 2. The van der Waals surface area contributed by atoms with Crippen molar-refractivity contribution in [2.24, 2.45) is 0 Å². The zero-order valence-corrected chi connectivity index (χ0v) is 15.7. The SMILES string of the molecule is O=C(NNc1ccc(C(F)(F)F)cc1[N+](=O)[O-])c1cccc(CN2CCOCC2)c1. The molecule has 30 heavy (non-hydrogen) atoms. The molecule has 0 saturated carbocycles. The van der Waals surface area contributed by atoms with E-state index in [0.29, 0.717) is 37.5 Å². The van der Waals surface area contributed by atoms with Gasteiger partial charge in [0, 0.05) is 31.3 Å². The molecular formula is C19H19F3N4O4. The lowest BCUT2D eigenvalue weighted by Gasteiger charge is -2.26. The second-order valence-corrected chi connectivity index (χ2v) is 6.65. The number of ether oxygens (including phenoxy) is 1. The van der Waals surface area contributed by atoms with Crippen LogP contribution >= 0.6 is 0 Å². The van der Waals surface area contributed by atoms with E-state index in [4.69, 9.17) is 4.74 Å². The second-order valence-electron chi connectivity index (χ2n) is 6.65. The van der Waals surface area contributed by atoms with Gasteiger partial charge in [-0.2, -0.15) is 13.2 Å². The minimum Gasteiger partial charge on any atom is -0.379 e. The van der Waals surface area contributed by atoms with Gasteiger partial charge in [-0.3, -0.25) is 30.7 Å². The van der Waals surface area contributed by atoms with Gasteiger partial charge in [0.15, 0.2) is 0 Å².